The van der Waals surface area contributed by atoms with Crippen LogP contribution in [0.25, 0.3) is 0 Å². The smallest absolute Gasteiger partial charge is 0.226 e. The molecule has 1 aromatic heterocycles. The molecule has 25 heavy (non-hydrogen) atoms. The quantitative estimate of drug-likeness (QED) is 0.730. The number of ether oxygens (including phenoxy) is 1. The lowest BCUT2D eigenvalue weighted by molar-refractivity contribution is -0.116. The van der Waals surface area contributed by atoms with Crippen molar-refractivity contribution < 1.29 is 13.9 Å². The molecule has 0 saturated carbocycles. The second kappa shape index (κ2) is 7.66. The van der Waals surface area contributed by atoms with Crippen LogP contribution in [-0.4, -0.2) is 17.6 Å². The first kappa shape index (κ1) is 16.8. The Morgan fingerprint density at radius 3 is 2.48 bits per heavy atom. The summed E-state index contributed by atoms with van der Waals surface area (Å²) in [5.74, 6) is 0.203. The monoisotopic (exact) mass is 338 g/mol. The lowest BCUT2D eigenvalue weighted by atomic mass is 10.0. The summed E-state index contributed by atoms with van der Waals surface area (Å²) < 4.78 is 20.4. The van der Waals surface area contributed by atoms with Gasteiger partial charge in [-0.2, -0.15) is 0 Å². The lowest BCUT2D eigenvalue weighted by Gasteiger charge is -2.19. The Morgan fingerprint density at radius 2 is 1.84 bits per heavy atom. The molecule has 0 radical (unpaired) electrons. The van der Waals surface area contributed by atoms with Crippen molar-refractivity contribution in [1.29, 1.82) is 0 Å². The number of carbonyl (C=O) groups excluding carboxylic acids is 1. The Hall–Kier alpha value is -3.08. The molecule has 0 saturated heterocycles. The average Bonchev–Trinajstić information content (AvgIpc) is 3.14. The fourth-order valence-corrected chi connectivity index (χ4v) is 2.73. The maximum absolute atomic E-state index is 13.3. The number of hydrogen-bond donors (Lipinski definition) is 1. The van der Waals surface area contributed by atoms with E-state index < -0.39 is 0 Å². The Balaban J connectivity index is 1.79. The van der Waals surface area contributed by atoms with E-state index in [1.807, 2.05) is 53.4 Å². The number of hydrogen-bond acceptors (Lipinski definition) is 2. The Morgan fingerprint density at radius 1 is 1.12 bits per heavy atom. The van der Waals surface area contributed by atoms with Gasteiger partial charge in [-0.05, 0) is 48.0 Å². The molecular weight excluding hydrogens is 319 g/mol. The Kier molecular flexibility index (Phi) is 5.14. The van der Waals surface area contributed by atoms with Crippen molar-refractivity contribution in [1.82, 2.24) is 4.57 Å². The van der Waals surface area contributed by atoms with Crippen LogP contribution in [0.3, 0.4) is 0 Å². The van der Waals surface area contributed by atoms with Crippen LogP contribution >= 0.6 is 0 Å². The van der Waals surface area contributed by atoms with Crippen LogP contribution in [0.2, 0.25) is 0 Å². The van der Waals surface area contributed by atoms with Crippen molar-refractivity contribution in [3.63, 3.8) is 0 Å². The van der Waals surface area contributed by atoms with Gasteiger partial charge in [0, 0.05) is 18.1 Å². The zero-order chi connectivity index (χ0) is 17.6. The Bertz CT molecular complexity index is 829. The van der Waals surface area contributed by atoms with E-state index >= 15 is 0 Å². The van der Waals surface area contributed by atoms with Crippen LogP contribution < -0.4 is 10.1 Å². The van der Waals surface area contributed by atoms with Crippen LogP contribution in [0.1, 0.15) is 18.0 Å². The van der Waals surface area contributed by atoms with Crippen molar-refractivity contribution in [2.45, 2.75) is 12.5 Å². The summed E-state index contributed by atoms with van der Waals surface area (Å²) in [5.41, 5.74) is 1.44. The predicted molar refractivity (Wildman–Crippen MR) is 95.2 cm³/mol. The van der Waals surface area contributed by atoms with Crippen molar-refractivity contribution in [2.75, 3.05) is 12.4 Å². The van der Waals surface area contributed by atoms with Gasteiger partial charge in [0.15, 0.2) is 0 Å². The van der Waals surface area contributed by atoms with E-state index in [1.54, 1.807) is 19.2 Å². The molecule has 2 aromatic carbocycles. The van der Waals surface area contributed by atoms with Crippen molar-refractivity contribution >= 4 is 11.6 Å². The molecule has 0 aliphatic rings. The van der Waals surface area contributed by atoms with E-state index in [1.165, 1.54) is 12.1 Å². The van der Waals surface area contributed by atoms with Gasteiger partial charge in [0.05, 0.1) is 19.6 Å². The highest BCUT2D eigenvalue weighted by molar-refractivity contribution is 5.91. The minimum atomic E-state index is -0.380. The number of anilines is 1. The SMILES string of the molecule is COc1ccc(C(CC(=O)Nc2cccc(F)c2)n2cccc2)cc1. The number of nitrogens with one attached hydrogen (secondary N) is 1. The van der Waals surface area contributed by atoms with E-state index in [9.17, 15) is 9.18 Å². The first-order valence-electron chi connectivity index (χ1n) is 7.97. The van der Waals surface area contributed by atoms with E-state index in [0.29, 0.717) is 5.69 Å². The van der Waals surface area contributed by atoms with Gasteiger partial charge < -0.3 is 14.6 Å². The molecule has 1 atom stereocenters. The predicted octanol–water partition coefficient (Wildman–Crippen LogP) is 4.25. The first-order valence-corrected chi connectivity index (χ1v) is 7.97. The number of halogens is 1. The minimum absolute atomic E-state index is 0.158. The van der Waals surface area contributed by atoms with Gasteiger partial charge in [0.1, 0.15) is 11.6 Å². The summed E-state index contributed by atoms with van der Waals surface area (Å²) >= 11 is 0. The zero-order valence-corrected chi connectivity index (χ0v) is 13.9. The molecule has 0 fully saturated rings. The van der Waals surface area contributed by atoms with Gasteiger partial charge in [-0.1, -0.05) is 18.2 Å². The summed E-state index contributed by atoms with van der Waals surface area (Å²) in [6, 6.07) is 17.2. The molecule has 3 aromatic rings. The molecule has 4 nitrogen and oxygen atoms in total. The van der Waals surface area contributed by atoms with Crippen molar-refractivity contribution in [3.05, 3.63) is 84.4 Å². The van der Waals surface area contributed by atoms with E-state index in [4.69, 9.17) is 4.74 Å². The summed E-state index contributed by atoms with van der Waals surface area (Å²) in [7, 11) is 1.62. The third-order valence-corrected chi connectivity index (χ3v) is 3.98. The molecule has 3 rings (SSSR count). The maximum Gasteiger partial charge on any atom is 0.226 e. The standard InChI is InChI=1S/C20H19FN2O2/c1-25-18-9-7-15(8-10-18)19(23-11-2-3-12-23)14-20(24)22-17-6-4-5-16(21)13-17/h2-13,19H,14H2,1H3,(H,22,24). The van der Waals surface area contributed by atoms with Crippen LogP contribution in [0, 0.1) is 5.82 Å². The third kappa shape index (κ3) is 4.26. The number of benzene rings is 2. The topological polar surface area (TPSA) is 43.3 Å². The summed E-state index contributed by atoms with van der Waals surface area (Å²) in [5, 5.41) is 2.75. The molecule has 1 amide bonds. The lowest BCUT2D eigenvalue weighted by Crippen LogP contribution is -2.19. The number of rotatable bonds is 6. The van der Waals surface area contributed by atoms with Gasteiger partial charge >= 0.3 is 0 Å². The van der Waals surface area contributed by atoms with Crippen molar-refractivity contribution in [2.24, 2.45) is 0 Å². The second-order valence-corrected chi connectivity index (χ2v) is 5.68. The van der Waals surface area contributed by atoms with Crippen LogP contribution in [0.4, 0.5) is 10.1 Å². The first-order chi connectivity index (χ1) is 12.2. The molecule has 1 N–H and O–H groups in total. The number of carbonyl (C=O) groups is 1. The summed E-state index contributed by atoms with van der Waals surface area (Å²) in [6.45, 7) is 0. The molecule has 1 heterocycles. The third-order valence-electron chi connectivity index (χ3n) is 3.98. The molecule has 0 bridgehead atoms. The highest BCUT2D eigenvalue weighted by Crippen LogP contribution is 2.25. The Labute approximate surface area is 145 Å². The molecule has 1 unspecified atom stereocenters. The number of aromatic nitrogens is 1. The molecule has 5 heteroatoms. The van der Waals surface area contributed by atoms with E-state index in [2.05, 4.69) is 5.32 Å². The molecular formula is C20H19FN2O2. The van der Waals surface area contributed by atoms with Gasteiger partial charge in [-0.25, -0.2) is 4.39 Å². The van der Waals surface area contributed by atoms with Crippen LogP contribution in [0.5, 0.6) is 5.75 Å². The maximum atomic E-state index is 13.3. The number of methoxy groups -OCH3 is 1. The molecule has 128 valence electrons. The van der Waals surface area contributed by atoms with E-state index in [-0.39, 0.29) is 24.2 Å². The number of amides is 1. The van der Waals surface area contributed by atoms with E-state index in [0.717, 1.165) is 11.3 Å². The van der Waals surface area contributed by atoms with Crippen LogP contribution in [0.15, 0.2) is 73.1 Å². The molecule has 0 aliphatic carbocycles. The van der Waals surface area contributed by atoms with Gasteiger partial charge in [0.25, 0.3) is 0 Å². The van der Waals surface area contributed by atoms with Crippen molar-refractivity contribution in [3.8, 4) is 5.75 Å². The van der Waals surface area contributed by atoms with Gasteiger partial charge in [0.2, 0.25) is 5.91 Å². The molecule has 0 aliphatic heterocycles. The summed E-state index contributed by atoms with van der Waals surface area (Å²) in [4.78, 5) is 12.5. The minimum Gasteiger partial charge on any atom is -0.497 e. The highest BCUT2D eigenvalue weighted by Gasteiger charge is 2.17. The normalized spacial score (nSPS) is 11.8. The highest BCUT2D eigenvalue weighted by atomic mass is 19.1. The fourth-order valence-electron chi connectivity index (χ4n) is 2.73. The number of nitrogens with zero attached hydrogens (tertiary/aromatic N) is 1. The summed E-state index contributed by atoms with van der Waals surface area (Å²) in [6.07, 6.45) is 4.08. The average molecular weight is 338 g/mol. The zero-order valence-electron chi connectivity index (χ0n) is 13.9. The van der Waals surface area contributed by atoms with Crippen LogP contribution in [-0.2, 0) is 4.79 Å². The fraction of sp³-hybridized carbons (Fsp3) is 0.150. The second-order valence-electron chi connectivity index (χ2n) is 5.68. The molecule has 0 spiro atoms. The largest absolute Gasteiger partial charge is 0.497 e. The van der Waals surface area contributed by atoms with Gasteiger partial charge in [-0.3, -0.25) is 4.79 Å². The van der Waals surface area contributed by atoms with Gasteiger partial charge in [-0.15, -0.1) is 0 Å².